The normalized spacial score (nSPS) is 29.9. The lowest BCUT2D eigenvalue weighted by Gasteiger charge is -2.27. The van der Waals surface area contributed by atoms with Gasteiger partial charge in [-0.15, -0.1) is 0 Å². The van der Waals surface area contributed by atoms with E-state index in [2.05, 4.69) is 16.7 Å². The van der Waals surface area contributed by atoms with E-state index in [0.717, 1.165) is 12.1 Å². The fourth-order valence-corrected chi connectivity index (χ4v) is 1.02. The van der Waals surface area contributed by atoms with Crippen LogP contribution in [-0.2, 0) is 0 Å². The topological polar surface area (TPSA) is 50.1 Å². The SMILES string of the molecule is CNC1=CCC(N)(NC)C=C1. The molecule has 0 saturated carbocycles. The Hall–Kier alpha value is -0.800. The number of likely N-dealkylation sites (N-methyl/N-ethyl adjacent to an activating group) is 2. The maximum absolute atomic E-state index is 5.90. The minimum atomic E-state index is -0.347. The minimum absolute atomic E-state index is 0.347. The smallest absolute Gasteiger partial charge is 0.0891 e. The maximum Gasteiger partial charge on any atom is 0.0891 e. The Balaban J connectivity index is 2.63. The van der Waals surface area contributed by atoms with Gasteiger partial charge in [0.25, 0.3) is 0 Å². The lowest BCUT2D eigenvalue weighted by Crippen LogP contribution is -2.50. The van der Waals surface area contributed by atoms with Crippen LogP contribution in [0.15, 0.2) is 23.9 Å². The van der Waals surface area contributed by atoms with E-state index in [4.69, 9.17) is 5.73 Å². The third kappa shape index (κ3) is 1.82. The molecule has 0 heterocycles. The molecule has 0 radical (unpaired) electrons. The van der Waals surface area contributed by atoms with Crippen LogP contribution in [0, 0.1) is 0 Å². The second-order valence-electron chi connectivity index (χ2n) is 2.74. The predicted molar refractivity (Wildman–Crippen MR) is 46.9 cm³/mol. The summed E-state index contributed by atoms with van der Waals surface area (Å²) in [5, 5.41) is 6.10. The van der Waals surface area contributed by atoms with Crippen LogP contribution in [0.3, 0.4) is 0 Å². The number of allylic oxidation sites excluding steroid dienone is 1. The molecule has 11 heavy (non-hydrogen) atoms. The van der Waals surface area contributed by atoms with E-state index in [1.807, 2.05) is 26.2 Å². The van der Waals surface area contributed by atoms with Crippen molar-refractivity contribution in [2.45, 2.75) is 12.1 Å². The molecule has 0 aromatic heterocycles. The summed E-state index contributed by atoms with van der Waals surface area (Å²) in [5.74, 6) is 0. The van der Waals surface area contributed by atoms with Gasteiger partial charge in [0.2, 0.25) is 0 Å². The molecule has 0 bridgehead atoms. The summed E-state index contributed by atoms with van der Waals surface area (Å²) in [6.45, 7) is 0. The van der Waals surface area contributed by atoms with Gasteiger partial charge in [0.15, 0.2) is 0 Å². The lowest BCUT2D eigenvalue weighted by molar-refractivity contribution is 0.453. The quantitative estimate of drug-likeness (QED) is 0.486. The van der Waals surface area contributed by atoms with Crippen molar-refractivity contribution in [3.05, 3.63) is 23.9 Å². The molecular formula is C8H15N3. The van der Waals surface area contributed by atoms with Gasteiger partial charge in [-0.05, 0) is 19.2 Å². The second-order valence-corrected chi connectivity index (χ2v) is 2.74. The van der Waals surface area contributed by atoms with Gasteiger partial charge in [0.05, 0.1) is 5.66 Å². The first kappa shape index (κ1) is 8.30. The van der Waals surface area contributed by atoms with Crippen LogP contribution in [0.2, 0.25) is 0 Å². The highest BCUT2D eigenvalue weighted by Crippen LogP contribution is 2.13. The number of rotatable bonds is 2. The van der Waals surface area contributed by atoms with Crippen molar-refractivity contribution in [3.8, 4) is 0 Å². The van der Waals surface area contributed by atoms with Gasteiger partial charge < -0.3 is 11.1 Å². The molecule has 0 saturated heterocycles. The monoisotopic (exact) mass is 153 g/mol. The van der Waals surface area contributed by atoms with Crippen LogP contribution in [0.25, 0.3) is 0 Å². The summed E-state index contributed by atoms with van der Waals surface area (Å²) in [6, 6.07) is 0. The van der Waals surface area contributed by atoms with E-state index in [9.17, 15) is 0 Å². The summed E-state index contributed by atoms with van der Waals surface area (Å²) in [6.07, 6.45) is 6.87. The van der Waals surface area contributed by atoms with E-state index >= 15 is 0 Å². The lowest BCUT2D eigenvalue weighted by atomic mass is 10.0. The van der Waals surface area contributed by atoms with Crippen molar-refractivity contribution in [1.29, 1.82) is 0 Å². The van der Waals surface area contributed by atoms with Crippen LogP contribution in [0.1, 0.15) is 6.42 Å². The molecule has 0 aromatic carbocycles. The molecule has 0 spiro atoms. The van der Waals surface area contributed by atoms with Crippen molar-refractivity contribution in [2.75, 3.05) is 14.1 Å². The van der Waals surface area contributed by atoms with Crippen molar-refractivity contribution in [1.82, 2.24) is 10.6 Å². The minimum Gasteiger partial charge on any atom is -0.388 e. The average Bonchev–Trinajstić information content (AvgIpc) is 2.06. The van der Waals surface area contributed by atoms with Crippen molar-refractivity contribution >= 4 is 0 Å². The van der Waals surface area contributed by atoms with Gasteiger partial charge >= 0.3 is 0 Å². The molecule has 3 nitrogen and oxygen atoms in total. The molecule has 0 amide bonds. The highest BCUT2D eigenvalue weighted by molar-refractivity contribution is 5.26. The average molecular weight is 153 g/mol. The summed E-state index contributed by atoms with van der Waals surface area (Å²) in [4.78, 5) is 0. The Kier molecular flexibility index (Phi) is 2.31. The number of hydrogen-bond donors (Lipinski definition) is 3. The van der Waals surface area contributed by atoms with Crippen LogP contribution in [0.5, 0.6) is 0 Å². The van der Waals surface area contributed by atoms with E-state index in [-0.39, 0.29) is 5.66 Å². The molecule has 1 aliphatic rings. The largest absolute Gasteiger partial charge is 0.388 e. The summed E-state index contributed by atoms with van der Waals surface area (Å²) >= 11 is 0. The molecule has 62 valence electrons. The third-order valence-electron chi connectivity index (χ3n) is 1.97. The first-order chi connectivity index (χ1) is 5.20. The number of hydrogen-bond acceptors (Lipinski definition) is 3. The van der Waals surface area contributed by atoms with E-state index in [1.54, 1.807) is 0 Å². The summed E-state index contributed by atoms with van der Waals surface area (Å²) in [5.41, 5.74) is 6.68. The second kappa shape index (κ2) is 3.07. The molecule has 1 unspecified atom stereocenters. The molecule has 1 aliphatic carbocycles. The Labute approximate surface area is 67.3 Å². The van der Waals surface area contributed by atoms with Gasteiger partial charge in [-0.1, -0.05) is 6.08 Å². The summed E-state index contributed by atoms with van der Waals surface area (Å²) in [7, 11) is 3.77. The molecule has 0 aliphatic heterocycles. The molecular weight excluding hydrogens is 138 g/mol. The zero-order valence-electron chi connectivity index (χ0n) is 7.02. The van der Waals surface area contributed by atoms with Crippen LogP contribution >= 0.6 is 0 Å². The van der Waals surface area contributed by atoms with Crippen LogP contribution in [-0.4, -0.2) is 19.8 Å². The van der Waals surface area contributed by atoms with Gasteiger partial charge in [-0.3, -0.25) is 5.32 Å². The van der Waals surface area contributed by atoms with Crippen molar-refractivity contribution in [3.63, 3.8) is 0 Å². The zero-order chi connectivity index (χ0) is 8.32. The summed E-state index contributed by atoms with van der Waals surface area (Å²) < 4.78 is 0. The molecule has 4 N–H and O–H groups in total. The molecule has 0 aromatic rings. The fraction of sp³-hybridized carbons (Fsp3) is 0.500. The van der Waals surface area contributed by atoms with Crippen LogP contribution in [0.4, 0.5) is 0 Å². The van der Waals surface area contributed by atoms with Gasteiger partial charge in [-0.25, -0.2) is 0 Å². The van der Waals surface area contributed by atoms with Crippen molar-refractivity contribution < 1.29 is 0 Å². The fourth-order valence-electron chi connectivity index (χ4n) is 1.02. The zero-order valence-corrected chi connectivity index (χ0v) is 7.02. The Morgan fingerprint density at radius 2 is 2.27 bits per heavy atom. The highest BCUT2D eigenvalue weighted by Gasteiger charge is 2.19. The third-order valence-corrected chi connectivity index (χ3v) is 1.97. The van der Waals surface area contributed by atoms with Crippen molar-refractivity contribution in [2.24, 2.45) is 5.73 Å². The van der Waals surface area contributed by atoms with Gasteiger partial charge in [0.1, 0.15) is 0 Å². The first-order valence-corrected chi connectivity index (χ1v) is 3.75. The standard InChI is InChI=1S/C8H15N3/c1-10-7-3-5-8(9,11-2)6-4-7/h3-5,10-11H,6,9H2,1-2H3. The molecule has 1 rings (SSSR count). The predicted octanol–water partition coefficient (Wildman–Crippen LogP) is -0.0760. The Morgan fingerprint density at radius 1 is 1.55 bits per heavy atom. The van der Waals surface area contributed by atoms with E-state index in [0.29, 0.717) is 0 Å². The van der Waals surface area contributed by atoms with Crippen LogP contribution < -0.4 is 16.4 Å². The molecule has 1 atom stereocenters. The number of nitrogens with two attached hydrogens (primary N) is 1. The van der Waals surface area contributed by atoms with Gasteiger partial charge in [0, 0.05) is 19.2 Å². The Morgan fingerprint density at radius 3 is 2.64 bits per heavy atom. The van der Waals surface area contributed by atoms with E-state index < -0.39 is 0 Å². The van der Waals surface area contributed by atoms with Gasteiger partial charge in [-0.2, -0.15) is 0 Å². The first-order valence-electron chi connectivity index (χ1n) is 3.75. The highest BCUT2D eigenvalue weighted by atomic mass is 15.1. The Bertz CT molecular complexity index is 196. The maximum atomic E-state index is 5.90. The molecule has 3 heteroatoms. The number of nitrogens with one attached hydrogen (secondary N) is 2. The van der Waals surface area contributed by atoms with E-state index in [1.165, 1.54) is 0 Å². The molecule has 0 fully saturated rings.